The van der Waals surface area contributed by atoms with Crippen LogP contribution in [0.2, 0.25) is 0 Å². The fourth-order valence-corrected chi connectivity index (χ4v) is 0.725. The molecule has 10 heavy (non-hydrogen) atoms. The van der Waals surface area contributed by atoms with Crippen LogP contribution in [0.25, 0.3) is 0 Å². The van der Waals surface area contributed by atoms with Crippen molar-refractivity contribution in [1.29, 1.82) is 0 Å². The minimum Gasteiger partial charge on any atom is -0.386 e. The van der Waals surface area contributed by atoms with Crippen molar-refractivity contribution in [3.05, 3.63) is 25.0 Å². The first-order valence-corrected chi connectivity index (χ1v) is 3.18. The van der Waals surface area contributed by atoms with Crippen molar-refractivity contribution in [2.45, 2.75) is 6.54 Å². The number of anilines is 1. The highest BCUT2D eigenvalue weighted by atomic mass is 15.3. The number of hydrogen-bond donors (Lipinski definition) is 1. The molecular weight excluding hydrogens is 126 g/mol. The molecule has 0 aliphatic carbocycles. The summed E-state index contributed by atoms with van der Waals surface area (Å²) >= 11 is 0. The highest BCUT2D eigenvalue weighted by Crippen LogP contribution is 2.01. The molecule has 1 N–H and O–H groups in total. The van der Waals surface area contributed by atoms with Gasteiger partial charge in [0.15, 0.2) is 0 Å². The van der Waals surface area contributed by atoms with Crippen LogP contribution in [-0.4, -0.2) is 16.8 Å². The number of aromatic nitrogens is 2. The van der Waals surface area contributed by atoms with Crippen molar-refractivity contribution in [2.24, 2.45) is 0 Å². The predicted molar refractivity (Wildman–Crippen MR) is 42.0 cm³/mol. The number of nitrogens with one attached hydrogen (secondary N) is 1. The molecule has 0 fully saturated rings. The number of hydrogen-bond acceptors (Lipinski definition) is 2. The van der Waals surface area contributed by atoms with Crippen molar-refractivity contribution >= 4 is 5.69 Å². The SMILES string of the molecule is C=CCn1cc(NC)cn1. The van der Waals surface area contributed by atoms with Gasteiger partial charge in [0.1, 0.15) is 0 Å². The van der Waals surface area contributed by atoms with Crippen LogP contribution in [0, 0.1) is 0 Å². The van der Waals surface area contributed by atoms with E-state index in [2.05, 4.69) is 17.0 Å². The average Bonchev–Trinajstić information content (AvgIpc) is 2.37. The average molecular weight is 137 g/mol. The van der Waals surface area contributed by atoms with Crippen LogP contribution in [0.1, 0.15) is 0 Å². The molecule has 0 aliphatic rings. The second kappa shape index (κ2) is 3.06. The first-order chi connectivity index (χ1) is 4.86. The maximum atomic E-state index is 4.06. The van der Waals surface area contributed by atoms with Gasteiger partial charge in [-0.15, -0.1) is 6.58 Å². The summed E-state index contributed by atoms with van der Waals surface area (Å²) < 4.78 is 1.82. The van der Waals surface area contributed by atoms with E-state index in [9.17, 15) is 0 Å². The van der Waals surface area contributed by atoms with Gasteiger partial charge in [0, 0.05) is 13.2 Å². The minimum absolute atomic E-state index is 0.766. The van der Waals surface area contributed by atoms with Crippen LogP contribution < -0.4 is 5.32 Å². The van der Waals surface area contributed by atoms with Gasteiger partial charge in [0.05, 0.1) is 18.4 Å². The molecule has 54 valence electrons. The predicted octanol–water partition coefficient (Wildman–Crippen LogP) is 1.11. The van der Waals surface area contributed by atoms with Crippen LogP contribution in [0.3, 0.4) is 0 Å². The van der Waals surface area contributed by atoms with Crippen LogP contribution in [0.5, 0.6) is 0 Å². The van der Waals surface area contributed by atoms with Crippen LogP contribution >= 0.6 is 0 Å². The summed E-state index contributed by atoms with van der Waals surface area (Å²) in [7, 11) is 1.87. The van der Waals surface area contributed by atoms with Gasteiger partial charge in [0.25, 0.3) is 0 Å². The fourth-order valence-electron chi connectivity index (χ4n) is 0.725. The Morgan fingerprint density at radius 2 is 2.70 bits per heavy atom. The normalized spacial score (nSPS) is 9.30. The first-order valence-electron chi connectivity index (χ1n) is 3.18. The van der Waals surface area contributed by atoms with E-state index in [1.54, 1.807) is 6.20 Å². The number of nitrogens with zero attached hydrogens (tertiary/aromatic N) is 2. The van der Waals surface area contributed by atoms with Crippen molar-refractivity contribution in [2.75, 3.05) is 12.4 Å². The molecule has 0 spiro atoms. The van der Waals surface area contributed by atoms with Gasteiger partial charge < -0.3 is 5.32 Å². The van der Waals surface area contributed by atoms with E-state index in [1.165, 1.54) is 0 Å². The van der Waals surface area contributed by atoms with Crippen LogP contribution in [-0.2, 0) is 6.54 Å². The lowest BCUT2D eigenvalue weighted by molar-refractivity contribution is 0.703. The Balaban J connectivity index is 2.67. The summed E-state index contributed by atoms with van der Waals surface area (Å²) in [6.07, 6.45) is 5.53. The van der Waals surface area contributed by atoms with Gasteiger partial charge in [-0.05, 0) is 0 Å². The molecule has 0 atom stereocenters. The molecule has 1 rings (SSSR count). The molecule has 0 amide bonds. The summed E-state index contributed by atoms with van der Waals surface area (Å²) in [6.45, 7) is 4.38. The van der Waals surface area contributed by atoms with Crippen molar-refractivity contribution in [3.8, 4) is 0 Å². The molecule has 0 aliphatic heterocycles. The highest BCUT2D eigenvalue weighted by Gasteiger charge is 1.91. The fraction of sp³-hybridized carbons (Fsp3) is 0.286. The monoisotopic (exact) mass is 137 g/mol. The quantitative estimate of drug-likeness (QED) is 0.632. The third kappa shape index (κ3) is 1.37. The van der Waals surface area contributed by atoms with Gasteiger partial charge in [-0.2, -0.15) is 5.10 Å². The molecule has 3 heteroatoms. The molecule has 1 heterocycles. The molecular formula is C7H11N3. The number of rotatable bonds is 3. The lowest BCUT2D eigenvalue weighted by Gasteiger charge is -1.91. The Labute approximate surface area is 60.4 Å². The van der Waals surface area contributed by atoms with Gasteiger partial charge in [-0.3, -0.25) is 4.68 Å². The van der Waals surface area contributed by atoms with Crippen molar-refractivity contribution < 1.29 is 0 Å². The van der Waals surface area contributed by atoms with Crippen molar-refractivity contribution in [1.82, 2.24) is 9.78 Å². The van der Waals surface area contributed by atoms with Crippen LogP contribution in [0.15, 0.2) is 25.0 Å². The Bertz CT molecular complexity index is 214. The molecule has 0 aromatic carbocycles. The topological polar surface area (TPSA) is 29.9 Å². The Morgan fingerprint density at radius 3 is 3.20 bits per heavy atom. The molecule has 1 aromatic rings. The Hall–Kier alpha value is -1.25. The van der Waals surface area contributed by atoms with Crippen LogP contribution in [0.4, 0.5) is 5.69 Å². The number of allylic oxidation sites excluding steroid dienone is 1. The van der Waals surface area contributed by atoms with Gasteiger partial charge in [-0.1, -0.05) is 6.08 Å². The van der Waals surface area contributed by atoms with Crippen molar-refractivity contribution in [3.63, 3.8) is 0 Å². The van der Waals surface area contributed by atoms with E-state index in [1.807, 2.05) is 24.0 Å². The third-order valence-corrected chi connectivity index (χ3v) is 1.24. The summed E-state index contributed by atoms with van der Waals surface area (Å²) in [5.41, 5.74) is 1.03. The Kier molecular flexibility index (Phi) is 2.10. The lowest BCUT2D eigenvalue weighted by atomic mass is 10.6. The molecule has 0 unspecified atom stereocenters. The van der Waals surface area contributed by atoms with Gasteiger partial charge >= 0.3 is 0 Å². The summed E-state index contributed by atoms with van der Waals surface area (Å²) in [4.78, 5) is 0. The lowest BCUT2D eigenvalue weighted by Crippen LogP contribution is -1.93. The maximum Gasteiger partial charge on any atom is 0.0724 e. The molecule has 0 bridgehead atoms. The minimum atomic E-state index is 0.766. The second-order valence-corrected chi connectivity index (χ2v) is 1.99. The summed E-state index contributed by atoms with van der Waals surface area (Å²) in [6, 6.07) is 0. The van der Waals surface area contributed by atoms with Gasteiger partial charge in [-0.25, -0.2) is 0 Å². The third-order valence-electron chi connectivity index (χ3n) is 1.24. The van der Waals surface area contributed by atoms with Gasteiger partial charge in [0.2, 0.25) is 0 Å². The van der Waals surface area contributed by atoms with E-state index in [-0.39, 0.29) is 0 Å². The standard InChI is InChI=1S/C7H11N3/c1-3-4-10-6-7(8-2)5-9-10/h3,5-6,8H,1,4H2,2H3. The van der Waals surface area contributed by atoms with E-state index in [4.69, 9.17) is 0 Å². The zero-order chi connectivity index (χ0) is 7.40. The second-order valence-electron chi connectivity index (χ2n) is 1.99. The smallest absolute Gasteiger partial charge is 0.0724 e. The largest absolute Gasteiger partial charge is 0.386 e. The van der Waals surface area contributed by atoms with E-state index in [0.29, 0.717) is 0 Å². The zero-order valence-corrected chi connectivity index (χ0v) is 6.04. The molecule has 0 radical (unpaired) electrons. The summed E-state index contributed by atoms with van der Waals surface area (Å²) in [5, 5.41) is 7.05. The summed E-state index contributed by atoms with van der Waals surface area (Å²) in [5.74, 6) is 0. The molecule has 0 saturated carbocycles. The van der Waals surface area contributed by atoms with E-state index < -0.39 is 0 Å². The maximum absolute atomic E-state index is 4.06. The zero-order valence-electron chi connectivity index (χ0n) is 6.04. The van der Waals surface area contributed by atoms with E-state index >= 15 is 0 Å². The first kappa shape index (κ1) is 6.86. The van der Waals surface area contributed by atoms with E-state index in [0.717, 1.165) is 12.2 Å². The molecule has 3 nitrogen and oxygen atoms in total. The highest BCUT2D eigenvalue weighted by molar-refractivity contribution is 5.36. The molecule has 0 saturated heterocycles. The molecule has 1 aromatic heterocycles. The Morgan fingerprint density at radius 1 is 1.90 bits per heavy atom.